The first-order chi connectivity index (χ1) is 12.8. The molecule has 3 rings (SSSR count). The molecule has 0 atom stereocenters. The monoisotopic (exact) mass is 484 g/mol. The minimum absolute atomic E-state index is 0. The van der Waals surface area contributed by atoms with Gasteiger partial charge in [0.1, 0.15) is 0 Å². The molecule has 5 nitrogen and oxygen atoms in total. The summed E-state index contributed by atoms with van der Waals surface area (Å²) in [7, 11) is 1.85. The van der Waals surface area contributed by atoms with Gasteiger partial charge in [0, 0.05) is 39.3 Å². The molecule has 27 heavy (non-hydrogen) atoms. The van der Waals surface area contributed by atoms with E-state index >= 15 is 0 Å². The molecule has 0 saturated carbocycles. The molecule has 2 heterocycles. The fourth-order valence-electron chi connectivity index (χ4n) is 3.60. The maximum absolute atomic E-state index is 5.36. The number of hydrogen-bond acceptors (Lipinski definition) is 3. The van der Waals surface area contributed by atoms with Gasteiger partial charge in [0.2, 0.25) is 0 Å². The lowest BCUT2D eigenvalue weighted by molar-refractivity contribution is 0.153. The average molecular weight is 484 g/mol. The molecule has 2 aliphatic heterocycles. The van der Waals surface area contributed by atoms with Crippen LogP contribution in [0.15, 0.2) is 47.0 Å². The molecule has 2 N–H and O–H groups in total. The molecule has 1 fully saturated rings. The summed E-state index contributed by atoms with van der Waals surface area (Å²) in [5.74, 6) is 0.930. The molecule has 0 bridgehead atoms. The summed E-state index contributed by atoms with van der Waals surface area (Å²) in [5.41, 5.74) is 2.90. The number of ether oxygens (including phenoxy) is 1. The van der Waals surface area contributed by atoms with Gasteiger partial charge in [-0.3, -0.25) is 9.89 Å². The van der Waals surface area contributed by atoms with Crippen molar-refractivity contribution in [2.24, 2.45) is 4.99 Å². The smallest absolute Gasteiger partial charge is 0.191 e. The predicted octanol–water partition coefficient (Wildman–Crippen LogP) is 3.17. The molecule has 6 heteroatoms. The van der Waals surface area contributed by atoms with Crippen LogP contribution in [-0.2, 0) is 11.3 Å². The van der Waals surface area contributed by atoms with Crippen LogP contribution < -0.4 is 10.6 Å². The van der Waals surface area contributed by atoms with Gasteiger partial charge in [0.15, 0.2) is 5.96 Å². The van der Waals surface area contributed by atoms with Crippen molar-refractivity contribution in [1.29, 1.82) is 0 Å². The highest BCUT2D eigenvalue weighted by atomic mass is 127. The van der Waals surface area contributed by atoms with Crippen LogP contribution in [0.4, 0.5) is 0 Å². The van der Waals surface area contributed by atoms with Gasteiger partial charge in [-0.2, -0.15) is 0 Å². The number of piperidine rings is 1. The van der Waals surface area contributed by atoms with Crippen molar-refractivity contribution in [1.82, 2.24) is 15.5 Å². The average Bonchev–Trinajstić information content (AvgIpc) is 2.70. The minimum atomic E-state index is 0. The van der Waals surface area contributed by atoms with E-state index < -0.39 is 0 Å². The third-order valence-electron chi connectivity index (χ3n) is 5.20. The SMILES string of the molecule is CN=C(NCCC1=CCOCC1)NC1CCN(Cc2ccccc2)CC1.I. The summed E-state index contributed by atoms with van der Waals surface area (Å²) >= 11 is 0. The van der Waals surface area contributed by atoms with E-state index in [4.69, 9.17) is 4.74 Å². The highest BCUT2D eigenvalue weighted by molar-refractivity contribution is 14.0. The van der Waals surface area contributed by atoms with Crippen molar-refractivity contribution < 1.29 is 4.74 Å². The molecule has 0 amide bonds. The van der Waals surface area contributed by atoms with Crippen LogP contribution in [-0.4, -0.2) is 56.8 Å². The number of nitrogens with zero attached hydrogens (tertiary/aromatic N) is 2. The Labute approximate surface area is 180 Å². The standard InChI is InChI=1S/C21H32N4O.HI/c1-22-21(23-12-7-18-10-15-26-16-11-18)24-20-8-13-25(14-9-20)17-19-5-3-2-4-6-19;/h2-6,10,20H,7-9,11-17H2,1H3,(H2,22,23,24);1H. The van der Waals surface area contributed by atoms with E-state index in [-0.39, 0.29) is 24.0 Å². The molecule has 1 aromatic rings. The third-order valence-corrected chi connectivity index (χ3v) is 5.20. The van der Waals surface area contributed by atoms with Crippen LogP contribution in [0.25, 0.3) is 0 Å². The van der Waals surface area contributed by atoms with E-state index in [1.165, 1.54) is 11.1 Å². The zero-order valence-corrected chi connectivity index (χ0v) is 18.7. The first-order valence-electron chi connectivity index (χ1n) is 9.82. The number of hydrogen-bond donors (Lipinski definition) is 2. The Morgan fingerprint density at radius 2 is 2.00 bits per heavy atom. The fraction of sp³-hybridized carbons (Fsp3) is 0.571. The van der Waals surface area contributed by atoms with E-state index in [0.29, 0.717) is 6.04 Å². The van der Waals surface area contributed by atoms with Crippen molar-refractivity contribution in [3.05, 3.63) is 47.5 Å². The molecule has 1 saturated heterocycles. The van der Waals surface area contributed by atoms with Crippen LogP contribution in [0.1, 0.15) is 31.2 Å². The second kappa shape index (κ2) is 12.4. The second-order valence-corrected chi connectivity index (χ2v) is 7.12. The van der Waals surface area contributed by atoms with Gasteiger partial charge in [0.25, 0.3) is 0 Å². The van der Waals surface area contributed by atoms with Gasteiger partial charge in [0.05, 0.1) is 13.2 Å². The quantitative estimate of drug-likeness (QED) is 0.282. The number of benzene rings is 1. The number of guanidine groups is 1. The van der Waals surface area contributed by atoms with Crippen molar-refractivity contribution >= 4 is 29.9 Å². The lowest BCUT2D eigenvalue weighted by Gasteiger charge is -2.33. The van der Waals surface area contributed by atoms with E-state index in [9.17, 15) is 0 Å². The molecule has 0 radical (unpaired) electrons. The zero-order valence-electron chi connectivity index (χ0n) is 16.3. The van der Waals surface area contributed by atoms with Crippen molar-refractivity contribution in [3.8, 4) is 0 Å². The van der Waals surface area contributed by atoms with Crippen molar-refractivity contribution in [2.45, 2.75) is 38.3 Å². The van der Waals surface area contributed by atoms with Gasteiger partial charge in [-0.05, 0) is 31.2 Å². The zero-order chi connectivity index (χ0) is 18.0. The molecule has 0 spiro atoms. The van der Waals surface area contributed by atoms with Crippen molar-refractivity contribution in [3.63, 3.8) is 0 Å². The summed E-state index contributed by atoms with van der Waals surface area (Å²) in [4.78, 5) is 6.93. The maximum atomic E-state index is 5.36. The Bertz CT molecular complexity index is 597. The second-order valence-electron chi connectivity index (χ2n) is 7.12. The lowest BCUT2D eigenvalue weighted by Crippen LogP contribution is -2.48. The predicted molar refractivity (Wildman–Crippen MR) is 123 cm³/mol. The highest BCUT2D eigenvalue weighted by Crippen LogP contribution is 2.14. The largest absolute Gasteiger partial charge is 0.377 e. The van der Waals surface area contributed by atoms with Gasteiger partial charge in [-0.15, -0.1) is 24.0 Å². The van der Waals surface area contributed by atoms with Crippen LogP contribution in [0, 0.1) is 0 Å². The lowest BCUT2D eigenvalue weighted by atomic mass is 10.0. The van der Waals surface area contributed by atoms with Crippen molar-refractivity contribution in [2.75, 3.05) is 39.9 Å². The van der Waals surface area contributed by atoms with Gasteiger partial charge in [-0.25, -0.2) is 0 Å². The summed E-state index contributed by atoms with van der Waals surface area (Å²) in [6.45, 7) is 5.88. The Kier molecular flexibility index (Phi) is 10.2. The molecule has 0 aliphatic carbocycles. The summed E-state index contributed by atoms with van der Waals surface area (Å²) < 4.78 is 5.36. The number of rotatable bonds is 6. The van der Waals surface area contributed by atoms with E-state index in [2.05, 4.69) is 56.9 Å². The topological polar surface area (TPSA) is 48.9 Å². The summed E-state index contributed by atoms with van der Waals surface area (Å²) in [6, 6.07) is 11.3. The molecular formula is C21H33IN4O. The molecule has 0 unspecified atom stereocenters. The van der Waals surface area contributed by atoms with Gasteiger partial charge >= 0.3 is 0 Å². The Morgan fingerprint density at radius 3 is 2.67 bits per heavy atom. The van der Waals surface area contributed by atoms with Gasteiger partial charge < -0.3 is 15.4 Å². The Morgan fingerprint density at radius 1 is 1.22 bits per heavy atom. The van der Waals surface area contributed by atoms with Crippen LogP contribution >= 0.6 is 24.0 Å². The minimum Gasteiger partial charge on any atom is -0.377 e. The first-order valence-corrected chi connectivity index (χ1v) is 9.82. The fourth-order valence-corrected chi connectivity index (χ4v) is 3.60. The summed E-state index contributed by atoms with van der Waals surface area (Å²) in [6.07, 6.45) is 6.67. The number of likely N-dealkylation sites (tertiary alicyclic amines) is 1. The molecular weight excluding hydrogens is 451 g/mol. The van der Waals surface area contributed by atoms with Crippen LogP contribution in [0.2, 0.25) is 0 Å². The maximum Gasteiger partial charge on any atom is 0.191 e. The highest BCUT2D eigenvalue weighted by Gasteiger charge is 2.20. The van der Waals surface area contributed by atoms with E-state index in [1.807, 2.05) is 7.05 Å². The molecule has 0 aromatic heterocycles. The first kappa shape index (κ1) is 22.2. The van der Waals surface area contributed by atoms with Gasteiger partial charge in [-0.1, -0.05) is 42.0 Å². The van der Waals surface area contributed by atoms with Crippen LogP contribution in [0.5, 0.6) is 0 Å². The third kappa shape index (κ3) is 7.79. The number of aliphatic imine (C=N–C) groups is 1. The summed E-state index contributed by atoms with van der Waals surface area (Å²) in [5, 5.41) is 7.05. The molecule has 1 aromatic carbocycles. The molecule has 150 valence electrons. The van der Waals surface area contributed by atoms with E-state index in [1.54, 1.807) is 0 Å². The van der Waals surface area contributed by atoms with E-state index in [0.717, 1.165) is 71.0 Å². The number of nitrogens with one attached hydrogen (secondary N) is 2. The Balaban J connectivity index is 0.00000261. The van der Waals surface area contributed by atoms with Crippen LogP contribution in [0.3, 0.4) is 0 Å². The normalized spacial score (nSPS) is 19.1. The number of halogens is 1. The molecule has 2 aliphatic rings. The Hall–Kier alpha value is -1.12.